The van der Waals surface area contributed by atoms with Gasteiger partial charge in [-0.3, -0.25) is 0 Å². The van der Waals surface area contributed by atoms with Crippen LogP contribution in [-0.4, -0.2) is 18.0 Å². The van der Waals surface area contributed by atoms with Gasteiger partial charge in [0, 0.05) is 0 Å². The smallest absolute Gasteiger partial charge is 0.198 e. The molecule has 0 aliphatic heterocycles. The van der Waals surface area contributed by atoms with E-state index in [1.807, 2.05) is 0 Å². The third kappa shape index (κ3) is 1.91. The summed E-state index contributed by atoms with van der Waals surface area (Å²) < 4.78 is 89.3. The first-order valence-corrected chi connectivity index (χ1v) is 5.18. The topological polar surface area (TPSA) is 0 Å². The van der Waals surface area contributed by atoms with E-state index < -0.39 is 23.9 Å². The zero-order chi connectivity index (χ0) is 14.5. The van der Waals surface area contributed by atoms with E-state index in [-0.39, 0.29) is 11.1 Å². The van der Waals surface area contributed by atoms with Crippen LogP contribution in [0.4, 0.5) is 30.7 Å². The molecule has 104 valence electrons. The van der Waals surface area contributed by atoms with Crippen molar-refractivity contribution in [3.63, 3.8) is 0 Å². The third-order valence-corrected chi connectivity index (χ3v) is 2.96. The number of hydrogen-bond donors (Lipinski definition) is 0. The largest absolute Gasteiger partial charge is 0.459 e. The molecule has 1 aromatic carbocycles. The second kappa shape index (κ2) is 3.98. The van der Waals surface area contributed by atoms with Gasteiger partial charge in [0.15, 0.2) is 0 Å². The number of halogens is 7. The summed E-state index contributed by atoms with van der Waals surface area (Å²) in [5, 5.41) is 0. The summed E-state index contributed by atoms with van der Waals surface area (Å²) in [5.41, 5.74) is -0.0263. The molecule has 19 heavy (non-hydrogen) atoms. The van der Waals surface area contributed by atoms with Crippen LogP contribution < -0.4 is 0 Å². The van der Waals surface area contributed by atoms with Crippen LogP contribution in [0.1, 0.15) is 17.0 Å². The van der Waals surface area contributed by atoms with Crippen LogP contribution in [0.5, 0.6) is 0 Å². The summed E-state index contributed by atoms with van der Waals surface area (Å²) in [6, 6.07) is 5.26. The van der Waals surface area contributed by atoms with Crippen LogP contribution in [0.3, 0.4) is 0 Å². The highest BCUT2D eigenvalue weighted by atomic mass is 19.4. The molecule has 0 spiro atoms. The lowest BCUT2D eigenvalue weighted by molar-refractivity contribution is -0.356. The summed E-state index contributed by atoms with van der Waals surface area (Å²) in [7, 11) is 0. The number of benzene rings is 1. The van der Waals surface area contributed by atoms with E-state index >= 15 is 0 Å². The van der Waals surface area contributed by atoms with E-state index in [0.29, 0.717) is 6.08 Å². The molecule has 0 saturated heterocycles. The van der Waals surface area contributed by atoms with Gasteiger partial charge in [-0.2, -0.15) is 30.7 Å². The van der Waals surface area contributed by atoms with Crippen molar-refractivity contribution in [2.75, 3.05) is 0 Å². The van der Waals surface area contributed by atoms with Crippen molar-refractivity contribution in [2.24, 2.45) is 0 Å². The molecule has 0 nitrogen and oxygen atoms in total. The Morgan fingerprint density at radius 1 is 0.842 bits per heavy atom. The van der Waals surface area contributed by atoms with Crippen LogP contribution in [-0.2, 0) is 0 Å². The van der Waals surface area contributed by atoms with E-state index in [0.717, 1.165) is 12.1 Å². The highest BCUT2D eigenvalue weighted by Gasteiger charge is 2.75. The maximum absolute atomic E-state index is 13.6. The van der Waals surface area contributed by atoms with Gasteiger partial charge in [-0.15, -0.1) is 0 Å². The van der Waals surface area contributed by atoms with Gasteiger partial charge in [0.1, 0.15) is 0 Å². The molecule has 0 bridgehead atoms. The predicted molar refractivity (Wildman–Crippen MR) is 54.2 cm³/mol. The summed E-state index contributed by atoms with van der Waals surface area (Å²) in [6.07, 6.45) is -4.52. The summed E-state index contributed by atoms with van der Waals surface area (Å²) in [6.45, 7) is 0. The molecule has 1 aliphatic rings. The second-order valence-corrected chi connectivity index (χ2v) is 4.16. The van der Waals surface area contributed by atoms with Crippen molar-refractivity contribution in [1.29, 1.82) is 0 Å². The molecule has 1 aromatic rings. The highest BCUT2D eigenvalue weighted by Crippen LogP contribution is 2.54. The zero-order valence-electron chi connectivity index (χ0n) is 9.19. The Balaban J connectivity index is 2.46. The Morgan fingerprint density at radius 2 is 1.42 bits per heavy atom. The first-order chi connectivity index (χ1) is 8.59. The van der Waals surface area contributed by atoms with Crippen molar-refractivity contribution >= 4 is 6.08 Å². The van der Waals surface area contributed by atoms with Gasteiger partial charge in [-0.1, -0.05) is 36.4 Å². The predicted octanol–water partition coefficient (Wildman–Crippen LogP) is 4.63. The molecule has 0 aromatic heterocycles. The lowest BCUT2D eigenvalue weighted by Gasteiger charge is -2.32. The fraction of sp³-hybridized carbons (Fsp3) is 0.333. The average molecular weight is 284 g/mol. The van der Waals surface area contributed by atoms with Crippen LogP contribution in [0.2, 0.25) is 0 Å². The van der Waals surface area contributed by atoms with Crippen molar-refractivity contribution in [1.82, 2.24) is 0 Å². The van der Waals surface area contributed by atoms with Gasteiger partial charge >= 0.3 is 18.0 Å². The lowest BCUT2D eigenvalue weighted by atomic mass is 9.90. The van der Waals surface area contributed by atoms with Crippen LogP contribution in [0, 0.1) is 0 Å². The molecular formula is C12H7F7. The molecule has 1 unspecified atom stereocenters. The highest BCUT2D eigenvalue weighted by molar-refractivity contribution is 5.63. The van der Waals surface area contributed by atoms with E-state index in [1.165, 1.54) is 18.2 Å². The molecule has 0 saturated carbocycles. The fourth-order valence-electron chi connectivity index (χ4n) is 1.95. The molecule has 0 N–H and O–H groups in total. The Kier molecular flexibility index (Phi) is 2.91. The van der Waals surface area contributed by atoms with E-state index in [4.69, 9.17) is 0 Å². The molecule has 0 radical (unpaired) electrons. The van der Waals surface area contributed by atoms with Gasteiger partial charge in [-0.25, -0.2) is 0 Å². The number of alkyl halides is 7. The van der Waals surface area contributed by atoms with Crippen LogP contribution >= 0.6 is 0 Å². The summed E-state index contributed by atoms with van der Waals surface area (Å²) >= 11 is 0. The van der Waals surface area contributed by atoms with Gasteiger partial charge in [0.2, 0.25) is 0 Å². The molecule has 2 rings (SSSR count). The molecule has 1 atom stereocenters. The number of fused-ring (bicyclic) bond motifs is 1. The normalized spacial score (nSPS) is 19.6. The minimum Gasteiger partial charge on any atom is -0.198 e. The van der Waals surface area contributed by atoms with Crippen LogP contribution in [0.25, 0.3) is 6.08 Å². The molecule has 0 heterocycles. The van der Waals surface area contributed by atoms with Crippen molar-refractivity contribution in [2.45, 2.75) is 23.9 Å². The lowest BCUT2D eigenvalue weighted by Crippen LogP contribution is -2.54. The van der Waals surface area contributed by atoms with E-state index in [2.05, 4.69) is 0 Å². The minimum absolute atomic E-state index is 0.213. The van der Waals surface area contributed by atoms with Gasteiger partial charge in [-0.05, 0) is 11.1 Å². The van der Waals surface area contributed by atoms with Gasteiger partial charge in [0.05, 0.1) is 5.92 Å². The van der Waals surface area contributed by atoms with Crippen LogP contribution in [0.15, 0.2) is 30.3 Å². The first-order valence-electron chi connectivity index (χ1n) is 5.18. The summed E-state index contributed by atoms with van der Waals surface area (Å²) in [5.74, 6) is -13.6. The number of hydrogen-bond acceptors (Lipinski definition) is 0. The SMILES string of the molecule is FC(F)(F)C(F)(F)C(F)(F)C1C=Cc2ccccc21. The standard InChI is InChI=1S/C12H7F7/c13-10(14,11(15,16)12(17,18)19)9-6-5-7-3-1-2-4-8(7)9/h1-6,9H. The number of rotatable bonds is 2. The molecule has 0 fully saturated rings. The molecule has 1 aliphatic carbocycles. The second-order valence-electron chi connectivity index (χ2n) is 4.16. The van der Waals surface area contributed by atoms with Crippen molar-refractivity contribution < 1.29 is 30.7 Å². The molecular weight excluding hydrogens is 277 g/mol. The molecule has 7 heteroatoms. The first kappa shape index (κ1) is 13.9. The maximum Gasteiger partial charge on any atom is 0.459 e. The fourth-order valence-corrected chi connectivity index (χ4v) is 1.95. The third-order valence-electron chi connectivity index (χ3n) is 2.96. The Labute approximate surface area is 103 Å². The monoisotopic (exact) mass is 284 g/mol. The van der Waals surface area contributed by atoms with Crippen molar-refractivity contribution in [3.05, 3.63) is 41.5 Å². The van der Waals surface area contributed by atoms with E-state index in [9.17, 15) is 30.7 Å². The van der Waals surface area contributed by atoms with Gasteiger partial charge < -0.3 is 0 Å². The summed E-state index contributed by atoms with van der Waals surface area (Å²) in [4.78, 5) is 0. The Bertz CT molecular complexity index is 513. The Hall–Kier alpha value is -1.53. The van der Waals surface area contributed by atoms with Gasteiger partial charge in [0.25, 0.3) is 0 Å². The quantitative estimate of drug-likeness (QED) is 0.695. The molecule has 0 amide bonds. The number of allylic oxidation sites excluding steroid dienone is 1. The maximum atomic E-state index is 13.6. The van der Waals surface area contributed by atoms with E-state index in [1.54, 1.807) is 0 Å². The minimum atomic E-state index is -6.30. The van der Waals surface area contributed by atoms with Crippen molar-refractivity contribution in [3.8, 4) is 0 Å². The zero-order valence-corrected chi connectivity index (χ0v) is 9.19. The Morgan fingerprint density at radius 3 is 2.00 bits per heavy atom. The average Bonchev–Trinajstić information content (AvgIpc) is 2.71.